The van der Waals surface area contributed by atoms with Gasteiger partial charge in [0.05, 0.1) is 0 Å². The zero-order valence-electron chi connectivity index (χ0n) is 11.2. The first-order valence-corrected chi connectivity index (χ1v) is 6.74. The van der Waals surface area contributed by atoms with Gasteiger partial charge in [0.2, 0.25) is 5.91 Å². The summed E-state index contributed by atoms with van der Waals surface area (Å²) in [6, 6.07) is 3.69. The van der Waals surface area contributed by atoms with Crippen LogP contribution in [0.25, 0.3) is 6.08 Å². The van der Waals surface area contributed by atoms with Gasteiger partial charge in [-0.05, 0) is 36.5 Å². The number of hydrogen-bond acceptors (Lipinski definition) is 3. The van der Waals surface area contributed by atoms with Crippen molar-refractivity contribution in [2.75, 3.05) is 13.1 Å². The Morgan fingerprint density at radius 3 is 3.05 bits per heavy atom. The minimum atomic E-state index is -0.796. The Bertz CT molecular complexity index is 499. The van der Waals surface area contributed by atoms with E-state index in [-0.39, 0.29) is 18.2 Å². The van der Waals surface area contributed by atoms with E-state index in [0.29, 0.717) is 13.1 Å². The lowest BCUT2D eigenvalue weighted by Gasteiger charge is -2.31. The van der Waals surface area contributed by atoms with Crippen LogP contribution in [0, 0.1) is 5.92 Å². The Hall–Kier alpha value is -2.17. The average Bonchev–Trinajstić information content (AvgIpc) is 2.45. The van der Waals surface area contributed by atoms with E-state index in [1.807, 2.05) is 12.1 Å². The Labute approximate surface area is 117 Å². The van der Waals surface area contributed by atoms with E-state index < -0.39 is 5.97 Å². The summed E-state index contributed by atoms with van der Waals surface area (Å²) in [4.78, 5) is 28.5. The van der Waals surface area contributed by atoms with E-state index in [9.17, 15) is 9.59 Å². The molecule has 1 aromatic rings. The second-order valence-electron chi connectivity index (χ2n) is 5.01. The molecule has 0 radical (unpaired) electrons. The Morgan fingerprint density at radius 2 is 2.35 bits per heavy atom. The Kier molecular flexibility index (Phi) is 4.87. The predicted octanol–water partition coefficient (Wildman–Crippen LogP) is 1.81. The van der Waals surface area contributed by atoms with Crippen LogP contribution >= 0.6 is 0 Å². The maximum absolute atomic E-state index is 12.1. The number of aliphatic carboxylic acids is 1. The summed E-state index contributed by atoms with van der Waals surface area (Å²) in [6.07, 6.45) is 8.51. The highest BCUT2D eigenvalue weighted by Gasteiger charge is 2.23. The number of carboxylic acids is 1. The van der Waals surface area contributed by atoms with Gasteiger partial charge in [0, 0.05) is 38.0 Å². The molecular weight excluding hydrogens is 256 g/mol. The molecule has 1 aromatic heterocycles. The molecule has 5 heteroatoms. The number of amides is 1. The first-order valence-electron chi connectivity index (χ1n) is 6.74. The van der Waals surface area contributed by atoms with Gasteiger partial charge < -0.3 is 10.0 Å². The second-order valence-corrected chi connectivity index (χ2v) is 5.01. The molecule has 1 unspecified atom stereocenters. The molecule has 1 fully saturated rings. The van der Waals surface area contributed by atoms with Crippen molar-refractivity contribution in [3.05, 3.63) is 36.2 Å². The van der Waals surface area contributed by atoms with Gasteiger partial charge in [-0.2, -0.15) is 0 Å². The van der Waals surface area contributed by atoms with E-state index >= 15 is 0 Å². The fraction of sp³-hybridized carbons (Fsp3) is 0.400. The van der Waals surface area contributed by atoms with E-state index in [1.165, 1.54) is 6.08 Å². The van der Waals surface area contributed by atoms with E-state index in [0.717, 1.165) is 18.4 Å². The molecule has 0 aliphatic carbocycles. The molecule has 2 rings (SSSR count). The molecule has 0 saturated carbocycles. The van der Waals surface area contributed by atoms with Gasteiger partial charge >= 0.3 is 5.97 Å². The fourth-order valence-corrected chi connectivity index (χ4v) is 2.43. The molecule has 1 N–H and O–H groups in total. The summed E-state index contributed by atoms with van der Waals surface area (Å²) in [6.45, 7) is 1.23. The van der Waals surface area contributed by atoms with Crippen molar-refractivity contribution in [2.24, 2.45) is 5.92 Å². The summed E-state index contributed by atoms with van der Waals surface area (Å²) < 4.78 is 0. The van der Waals surface area contributed by atoms with Crippen molar-refractivity contribution in [2.45, 2.75) is 19.3 Å². The smallest absolute Gasteiger partial charge is 0.303 e. The number of carboxylic acid groups (broad SMARTS) is 1. The number of piperidine rings is 1. The third-order valence-corrected chi connectivity index (χ3v) is 3.40. The van der Waals surface area contributed by atoms with Crippen molar-refractivity contribution in [3.8, 4) is 0 Å². The largest absolute Gasteiger partial charge is 0.481 e. The van der Waals surface area contributed by atoms with E-state index in [1.54, 1.807) is 23.4 Å². The third-order valence-electron chi connectivity index (χ3n) is 3.40. The molecular formula is C15H18N2O3. The predicted molar refractivity (Wildman–Crippen MR) is 74.8 cm³/mol. The van der Waals surface area contributed by atoms with Crippen molar-refractivity contribution >= 4 is 18.0 Å². The number of likely N-dealkylation sites (tertiary alicyclic amines) is 1. The minimum absolute atomic E-state index is 0.0658. The number of rotatable bonds is 4. The topological polar surface area (TPSA) is 70.5 Å². The van der Waals surface area contributed by atoms with Crippen molar-refractivity contribution < 1.29 is 14.7 Å². The molecule has 2 heterocycles. The summed E-state index contributed by atoms with van der Waals surface area (Å²) in [7, 11) is 0. The normalized spacial score (nSPS) is 19.2. The maximum Gasteiger partial charge on any atom is 0.303 e. The van der Waals surface area contributed by atoms with Gasteiger partial charge in [0.1, 0.15) is 0 Å². The highest BCUT2D eigenvalue weighted by molar-refractivity contribution is 5.91. The molecule has 106 valence electrons. The molecule has 1 aliphatic rings. The number of carbonyl (C=O) groups is 2. The van der Waals surface area contributed by atoms with E-state index in [4.69, 9.17) is 5.11 Å². The van der Waals surface area contributed by atoms with Crippen LogP contribution in [-0.2, 0) is 9.59 Å². The zero-order valence-corrected chi connectivity index (χ0v) is 11.2. The van der Waals surface area contributed by atoms with Gasteiger partial charge in [-0.3, -0.25) is 14.6 Å². The average molecular weight is 274 g/mol. The Balaban J connectivity index is 1.92. The molecule has 0 spiro atoms. The lowest BCUT2D eigenvalue weighted by Crippen LogP contribution is -2.39. The van der Waals surface area contributed by atoms with Gasteiger partial charge in [-0.1, -0.05) is 6.07 Å². The number of pyridine rings is 1. The first-order chi connectivity index (χ1) is 9.65. The van der Waals surface area contributed by atoms with Crippen LogP contribution in [0.15, 0.2) is 30.6 Å². The molecule has 20 heavy (non-hydrogen) atoms. The summed E-state index contributed by atoms with van der Waals surface area (Å²) in [5.74, 6) is -0.795. The van der Waals surface area contributed by atoms with E-state index in [2.05, 4.69) is 4.98 Å². The molecule has 1 aliphatic heterocycles. The second kappa shape index (κ2) is 6.84. The highest BCUT2D eigenvalue weighted by Crippen LogP contribution is 2.20. The summed E-state index contributed by atoms with van der Waals surface area (Å²) >= 11 is 0. The molecule has 1 saturated heterocycles. The highest BCUT2D eigenvalue weighted by atomic mass is 16.4. The van der Waals surface area contributed by atoms with Crippen molar-refractivity contribution in [1.29, 1.82) is 0 Å². The monoisotopic (exact) mass is 274 g/mol. The van der Waals surface area contributed by atoms with Crippen LogP contribution in [0.4, 0.5) is 0 Å². The van der Waals surface area contributed by atoms with Crippen LogP contribution in [0.5, 0.6) is 0 Å². The maximum atomic E-state index is 12.1. The number of nitrogens with zero attached hydrogens (tertiary/aromatic N) is 2. The fourth-order valence-electron chi connectivity index (χ4n) is 2.43. The zero-order chi connectivity index (χ0) is 14.4. The number of carbonyl (C=O) groups excluding carboxylic acids is 1. The van der Waals surface area contributed by atoms with Gasteiger partial charge in [-0.15, -0.1) is 0 Å². The lowest BCUT2D eigenvalue weighted by molar-refractivity contribution is -0.139. The molecule has 0 aromatic carbocycles. The molecule has 1 amide bonds. The van der Waals surface area contributed by atoms with Crippen LogP contribution in [0.1, 0.15) is 24.8 Å². The molecule has 0 bridgehead atoms. The van der Waals surface area contributed by atoms with Crippen LogP contribution in [0.2, 0.25) is 0 Å². The SMILES string of the molecule is O=C(O)CC1CCCN(C(=O)C=Cc2cccnc2)C1. The first kappa shape index (κ1) is 14.2. The summed E-state index contributed by atoms with van der Waals surface area (Å²) in [5, 5.41) is 8.82. The molecule has 1 atom stereocenters. The third kappa shape index (κ3) is 4.19. The van der Waals surface area contributed by atoms with Crippen molar-refractivity contribution in [3.63, 3.8) is 0 Å². The van der Waals surface area contributed by atoms with Crippen LogP contribution in [-0.4, -0.2) is 40.0 Å². The van der Waals surface area contributed by atoms with Crippen LogP contribution in [0.3, 0.4) is 0 Å². The lowest BCUT2D eigenvalue weighted by atomic mass is 9.95. The van der Waals surface area contributed by atoms with Gasteiger partial charge in [-0.25, -0.2) is 0 Å². The quantitative estimate of drug-likeness (QED) is 0.850. The molecule has 5 nitrogen and oxygen atoms in total. The van der Waals surface area contributed by atoms with Crippen LogP contribution < -0.4 is 0 Å². The van der Waals surface area contributed by atoms with Gasteiger partial charge in [0.25, 0.3) is 0 Å². The van der Waals surface area contributed by atoms with Crippen molar-refractivity contribution in [1.82, 2.24) is 9.88 Å². The summed E-state index contributed by atoms with van der Waals surface area (Å²) in [5.41, 5.74) is 0.875. The standard InChI is InChI=1S/C15H18N2O3/c18-14(6-5-12-3-1-7-16-10-12)17-8-2-4-13(11-17)9-15(19)20/h1,3,5-7,10,13H,2,4,8-9,11H2,(H,19,20). The minimum Gasteiger partial charge on any atom is -0.481 e. The number of aromatic nitrogens is 1. The van der Waals surface area contributed by atoms with Gasteiger partial charge in [0.15, 0.2) is 0 Å². The Morgan fingerprint density at radius 1 is 1.50 bits per heavy atom. The number of hydrogen-bond donors (Lipinski definition) is 1.